The number of rotatable bonds is 0. The molecule has 0 atom stereocenters. The number of aryl methyl sites for hydroxylation is 1. The molecule has 0 amide bonds. The first-order valence-corrected chi connectivity index (χ1v) is 6.66. The molecule has 0 N–H and O–H groups in total. The van der Waals surface area contributed by atoms with Crippen LogP contribution in [0.4, 0.5) is 0 Å². The number of benzene rings is 3. The molecule has 0 aromatic heterocycles. The molecule has 0 bridgehead atoms. The van der Waals surface area contributed by atoms with Crippen LogP contribution in [0.15, 0.2) is 65.5 Å². The van der Waals surface area contributed by atoms with Gasteiger partial charge >= 0.3 is 0 Å². The smallest absolute Gasteiger partial charge is 0.195 e. The van der Waals surface area contributed by atoms with Gasteiger partial charge in [0.25, 0.3) is 0 Å². The number of pyridine rings is 1. The van der Waals surface area contributed by atoms with E-state index in [9.17, 15) is 4.79 Å². The molecule has 0 radical (unpaired) electrons. The molecule has 2 aromatic rings. The van der Waals surface area contributed by atoms with Gasteiger partial charge in [-0.15, -0.1) is 0 Å². The number of hydrogen-bond acceptors (Lipinski definition) is 1. The molecule has 1 aliphatic carbocycles. The number of nitrogens with zero attached hydrogens (tertiary/aromatic N) is 1. The minimum atomic E-state index is 0.111. The van der Waals surface area contributed by atoms with Crippen molar-refractivity contribution in [1.29, 1.82) is 0 Å². The molecule has 0 spiro atoms. The van der Waals surface area contributed by atoms with Crippen molar-refractivity contribution in [1.82, 2.24) is 4.57 Å². The second-order valence-electron chi connectivity index (χ2n) is 5.12. The summed E-state index contributed by atoms with van der Waals surface area (Å²) in [5, 5.41) is 2.88. The average Bonchev–Trinajstić information content (AvgIpc) is 2.49. The fraction of sp³-hybridized carbons (Fsp3) is 0.0556. The third kappa shape index (κ3) is 1.42. The summed E-state index contributed by atoms with van der Waals surface area (Å²) >= 11 is 0. The Labute approximate surface area is 116 Å². The maximum absolute atomic E-state index is 12.7. The topological polar surface area (TPSA) is 22.0 Å². The normalized spacial score (nSPS) is 11.4. The van der Waals surface area contributed by atoms with Gasteiger partial charge in [-0.25, -0.2) is 0 Å². The van der Waals surface area contributed by atoms with E-state index >= 15 is 0 Å². The molecular formula is C18H13NO. The van der Waals surface area contributed by atoms with Crippen LogP contribution in [0.1, 0.15) is 0 Å². The van der Waals surface area contributed by atoms with Gasteiger partial charge in [0.05, 0.1) is 5.69 Å². The zero-order chi connectivity index (χ0) is 13.7. The van der Waals surface area contributed by atoms with E-state index in [2.05, 4.69) is 16.7 Å². The summed E-state index contributed by atoms with van der Waals surface area (Å²) in [4.78, 5) is 12.7. The highest BCUT2D eigenvalue weighted by molar-refractivity contribution is 5.94. The Morgan fingerprint density at radius 3 is 2.40 bits per heavy atom. The lowest BCUT2D eigenvalue weighted by molar-refractivity contribution is 0.962. The van der Waals surface area contributed by atoms with E-state index in [-0.39, 0.29) is 5.43 Å². The maximum atomic E-state index is 12.7. The summed E-state index contributed by atoms with van der Waals surface area (Å²) < 4.78 is 2.10. The maximum Gasteiger partial charge on any atom is 0.195 e. The van der Waals surface area contributed by atoms with Crippen LogP contribution in [0.25, 0.3) is 32.9 Å². The molecule has 2 aliphatic rings. The van der Waals surface area contributed by atoms with E-state index in [0.717, 1.165) is 32.9 Å². The molecular weight excluding hydrogens is 246 g/mol. The van der Waals surface area contributed by atoms with E-state index in [0.29, 0.717) is 0 Å². The molecule has 2 heteroatoms. The van der Waals surface area contributed by atoms with E-state index in [4.69, 9.17) is 0 Å². The van der Waals surface area contributed by atoms with Gasteiger partial charge in [0.1, 0.15) is 0 Å². The molecule has 1 aliphatic heterocycles. The lowest BCUT2D eigenvalue weighted by Crippen LogP contribution is -2.11. The second kappa shape index (κ2) is 3.94. The van der Waals surface area contributed by atoms with Crippen molar-refractivity contribution in [3.8, 4) is 11.3 Å². The van der Waals surface area contributed by atoms with Crippen molar-refractivity contribution >= 4 is 21.7 Å². The summed E-state index contributed by atoms with van der Waals surface area (Å²) in [6, 6.07) is 20.0. The Bertz CT molecular complexity index is 981. The van der Waals surface area contributed by atoms with Crippen LogP contribution in [-0.4, -0.2) is 4.57 Å². The van der Waals surface area contributed by atoms with Crippen molar-refractivity contribution < 1.29 is 0 Å². The van der Waals surface area contributed by atoms with Gasteiger partial charge in [0.2, 0.25) is 0 Å². The van der Waals surface area contributed by atoms with Crippen LogP contribution in [0.2, 0.25) is 0 Å². The van der Waals surface area contributed by atoms with Crippen LogP contribution in [0.5, 0.6) is 0 Å². The first kappa shape index (κ1) is 11.2. The Balaban J connectivity index is 2.32. The molecule has 2 nitrogen and oxygen atoms in total. The van der Waals surface area contributed by atoms with Gasteiger partial charge in [-0.05, 0) is 29.0 Å². The summed E-state index contributed by atoms with van der Waals surface area (Å²) in [5.74, 6) is 0. The predicted molar refractivity (Wildman–Crippen MR) is 83.3 cm³/mol. The molecule has 0 saturated carbocycles. The van der Waals surface area contributed by atoms with Gasteiger partial charge in [0.15, 0.2) is 5.43 Å². The Kier molecular flexibility index (Phi) is 2.21. The first-order valence-electron chi connectivity index (χ1n) is 6.66. The van der Waals surface area contributed by atoms with Crippen molar-refractivity contribution in [3.05, 3.63) is 70.9 Å². The highest BCUT2D eigenvalue weighted by Gasteiger charge is 2.14. The van der Waals surface area contributed by atoms with Crippen LogP contribution in [0, 0.1) is 0 Å². The van der Waals surface area contributed by atoms with Gasteiger partial charge in [-0.2, -0.15) is 0 Å². The predicted octanol–water partition coefficient (Wildman–Crippen LogP) is 3.80. The van der Waals surface area contributed by atoms with E-state index in [1.165, 1.54) is 0 Å². The highest BCUT2D eigenvalue weighted by Crippen LogP contribution is 2.27. The van der Waals surface area contributed by atoms with Crippen LogP contribution in [0.3, 0.4) is 0 Å². The molecule has 20 heavy (non-hydrogen) atoms. The third-order valence-corrected chi connectivity index (χ3v) is 3.98. The van der Waals surface area contributed by atoms with E-state index < -0.39 is 0 Å². The minimum Gasteiger partial charge on any atom is -0.344 e. The standard InChI is InChI=1S/C18H13NO/c1-19-16-9-5-3-7-13(16)10-15-17(19)11-12-6-2-4-8-14(12)18(15)20/h2-11H,1H3. The van der Waals surface area contributed by atoms with Crippen LogP contribution < -0.4 is 5.43 Å². The fourth-order valence-corrected chi connectivity index (χ4v) is 2.93. The minimum absolute atomic E-state index is 0.111. The second-order valence-corrected chi connectivity index (χ2v) is 5.12. The SMILES string of the molecule is Cn1c2cc3ccccc3c(=O)c-2cc2ccccc21. The average molecular weight is 259 g/mol. The van der Waals surface area contributed by atoms with Crippen molar-refractivity contribution in [2.45, 2.75) is 0 Å². The van der Waals surface area contributed by atoms with Gasteiger partial charge in [-0.3, -0.25) is 4.79 Å². The quantitative estimate of drug-likeness (QED) is 0.440. The molecule has 1 heterocycles. The Morgan fingerprint density at radius 1 is 0.850 bits per heavy atom. The van der Waals surface area contributed by atoms with Gasteiger partial charge < -0.3 is 4.57 Å². The van der Waals surface area contributed by atoms with E-state index in [1.54, 1.807) is 0 Å². The molecule has 2 aromatic carbocycles. The van der Waals surface area contributed by atoms with Crippen LogP contribution >= 0.6 is 0 Å². The van der Waals surface area contributed by atoms with Crippen molar-refractivity contribution in [3.63, 3.8) is 0 Å². The van der Waals surface area contributed by atoms with Crippen molar-refractivity contribution in [2.24, 2.45) is 7.05 Å². The molecule has 4 rings (SSSR count). The Morgan fingerprint density at radius 2 is 1.55 bits per heavy atom. The zero-order valence-electron chi connectivity index (χ0n) is 11.1. The fourth-order valence-electron chi connectivity index (χ4n) is 2.93. The largest absolute Gasteiger partial charge is 0.344 e. The van der Waals surface area contributed by atoms with Crippen molar-refractivity contribution in [2.75, 3.05) is 0 Å². The summed E-state index contributed by atoms with van der Waals surface area (Å²) in [7, 11) is 2.01. The molecule has 0 saturated heterocycles. The molecule has 0 fully saturated rings. The number of fused-ring (bicyclic) bond motifs is 3. The monoisotopic (exact) mass is 259 g/mol. The lowest BCUT2D eigenvalue weighted by Gasteiger charge is -2.16. The summed E-state index contributed by atoms with van der Waals surface area (Å²) in [6.45, 7) is 0. The highest BCUT2D eigenvalue weighted by atomic mass is 16.1. The molecule has 0 unspecified atom stereocenters. The zero-order valence-corrected chi connectivity index (χ0v) is 11.1. The van der Waals surface area contributed by atoms with Crippen LogP contribution in [-0.2, 0) is 7.05 Å². The summed E-state index contributed by atoms with van der Waals surface area (Å²) in [5.41, 5.74) is 3.01. The molecule has 96 valence electrons. The first-order chi connectivity index (χ1) is 9.75. The van der Waals surface area contributed by atoms with Gasteiger partial charge in [0, 0.05) is 23.5 Å². The number of para-hydroxylation sites is 1. The third-order valence-electron chi connectivity index (χ3n) is 3.98. The van der Waals surface area contributed by atoms with E-state index in [1.807, 2.05) is 55.6 Å². The number of aromatic nitrogens is 1. The lowest BCUT2D eigenvalue weighted by atomic mass is 9.99. The Hall–Kier alpha value is -2.61. The summed E-state index contributed by atoms with van der Waals surface area (Å²) in [6.07, 6.45) is 0. The van der Waals surface area contributed by atoms with Gasteiger partial charge in [-0.1, -0.05) is 42.5 Å². The number of hydrogen-bond donors (Lipinski definition) is 0.